The van der Waals surface area contributed by atoms with E-state index in [-0.39, 0.29) is 12.5 Å². The van der Waals surface area contributed by atoms with Crippen molar-refractivity contribution in [2.45, 2.75) is 38.6 Å². The molecule has 0 aliphatic carbocycles. The molecule has 2 heterocycles. The van der Waals surface area contributed by atoms with Crippen molar-refractivity contribution in [1.29, 1.82) is 0 Å². The van der Waals surface area contributed by atoms with Gasteiger partial charge in [0.25, 0.3) is 10.2 Å². The first-order valence-corrected chi connectivity index (χ1v) is 9.10. The molecule has 0 aromatic carbocycles. The van der Waals surface area contributed by atoms with E-state index in [1.807, 2.05) is 0 Å². The van der Waals surface area contributed by atoms with Crippen molar-refractivity contribution in [1.82, 2.24) is 13.9 Å². The zero-order chi connectivity index (χ0) is 14.6. The molecule has 7 heteroatoms. The van der Waals surface area contributed by atoms with Crippen LogP contribution in [0.5, 0.6) is 0 Å². The summed E-state index contributed by atoms with van der Waals surface area (Å²) in [4.78, 5) is 2.33. The molecule has 20 heavy (non-hydrogen) atoms. The SMILES string of the molecule is CCN1CCCC1CNS(=O)(=O)N1CCC(CO)CC1. The molecule has 0 radical (unpaired) electrons. The summed E-state index contributed by atoms with van der Waals surface area (Å²) in [6.07, 6.45) is 3.73. The van der Waals surface area contributed by atoms with E-state index in [0.29, 0.717) is 25.7 Å². The molecule has 0 spiro atoms. The standard InChI is InChI=1S/C13H27N3O3S/c1-2-15-7-3-4-13(15)10-14-20(18,19)16-8-5-12(11-17)6-9-16/h12-14,17H,2-11H2,1H3. The molecule has 0 aromatic rings. The third-order valence-corrected chi connectivity index (χ3v) is 6.15. The molecule has 2 N–H and O–H groups in total. The van der Waals surface area contributed by atoms with Crippen LogP contribution in [-0.2, 0) is 10.2 Å². The molecule has 118 valence electrons. The molecule has 2 aliphatic rings. The summed E-state index contributed by atoms with van der Waals surface area (Å²) in [7, 11) is -3.36. The summed E-state index contributed by atoms with van der Waals surface area (Å²) < 4.78 is 28.8. The second-order valence-electron chi connectivity index (χ2n) is 5.80. The molecule has 1 unspecified atom stereocenters. The molecule has 2 rings (SSSR count). The van der Waals surface area contributed by atoms with Crippen molar-refractivity contribution < 1.29 is 13.5 Å². The van der Waals surface area contributed by atoms with E-state index in [9.17, 15) is 8.42 Å². The summed E-state index contributed by atoms with van der Waals surface area (Å²) >= 11 is 0. The van der Waals surface area contributed by atoms with Gasteiger partial charge in [0.1, 0.15) is 0 Å². The van der Waals surface area contributed by atoms with Gasteiger partial charge < -0.3 is 5.11 Å². The fourth-order valence-corrected chi connectivity index (χ4v) is 4.44. The Hall–Kier alpha value is -0.210. The number of aliphatic hydroxyl groups excluding tert-OH is 1. The van der Waals surface area contributed by atoms with E-state index >= 15 is 0 Å². The molecular weight excluding hydrogens is 278 g/mol. The van der Waals surface area contributed by atoms with Crippen molar-refractivity contribution in [2.24, 2.45) is 5.92 Å². The first kappa shape index (κ1) is 16.2. The van der Waals surface area contributed by atoms with Crippen LogP contribution in [-0.4, -0.2) is 68.1 Å². The first-order valence-electron chi connectivity index (χ1n) is 7.66. The average molecular weight is 305 g/mol. The molecule has 0 bridgehead atoms. The highest BCUT2D eigenvalue weighted by molar-refractivity contribution is 7.87. The van der Waals surface area contributed by atoms with Gasteiger partial charge in [-0.1, -0.05) is 6.92 Å². The van der Waals surface area contributed by atoms with Crippen LogP contribution in [0.1, 0.15) is 32.6 Å². The van der Waals surface area contributed by atoms with Gasteiger partial charge in [-0.2, -0.15) is 12.7 Å². The zero-order valence-corrected chi connectivity index (χ0v) is 13.1. The predicted octanol–water partition coefficient (Wildman–Crippen LogP) is 0.00940. The van der Waals surface area contributed by atoms with E-state index in [1.165, 1.54) is 4.31 Å². The van der Waals surface area contributed by atoms with E-state index in [2.05, 4.69) is 16.5 Å². The average Bonchev–Trinajstić information content (AvgIpc) is 2.93. The van der Waals surface area contributed by atoms with Crippen molar-refractivity contribution >= 4 is 10.2 Å². The van der Waals surface area contributed by atoms with E-state index in [0.717, 1.165) is 38.8 Å². The van der Waals surface area contributed by atoms with Gasteiger partial charge in [0.05, 0.1) is 0 Å². The van der Waals surface area contributed by atoms with Gasteiger partial charge in [-0.15, -0.1) is 0 Å². The van der Waals surface area contributed by atoms with Gasteiger partial charge in [-0.25, -0.2) is 4.72 Å². The number of hydrogen-bond donors (Lipinski definition) is 2. The normalized spacial score (nSPS) is 27.2. The Morgan fingerprint density at radius 1 is 1.20 bits per heavy atom. The van der Waals surface area contributed by atoms with Gasteiger partial charge in [-0.05, 0) is 44.7 Å². The summed E-state index contributed by atoms with van der Waals surface area (Å²) in [5.74, 6) is 0.256. The molecule has 0 saturated carbocycles. The monoisotopic (exact) mass is 305 g/mol. The number of piperidine rings is 1. The van der Waals surface area contributed by atoms with Gasteiger partial charge in [0.2, 0.25) is 0 Å². The highest BCUT2D eigenvalue weighted by Gasteiger charge is 2.29. The van der Waals surface area contributed by atoms with Gasteiger partial charge in [0.15, 0.2) is 0 Å². The minimum absolute atomic E-state index is 0.162. The second-order valence-corrected chi connectivity index (χ2v) is 7.56. The maximum Gasteiger partial charge on any atom is 0.279 e. The Morgan fingerprint density at radius 3 is 2.50 bits per heavy atom. The van der Waals surface area contributed by atoms with Crippen LogP contribution in [0.2, 0.25) is 0 Å². The summed E-state index contributed by atoms with van der Waals surface area (Å²) in [6, 6.07) is 0.338. The lowest BCUT2D eigenvalue weighted by atomic mass is 10.00. The quantitative estimate of drug-likeness (QED) is 0.725. The fraction of sp³-hybridized carbons (Fsp3) is 1.00. The van der Waals surface area contributed by atoms with Crippen molar-refractivity contribution in [3.63, 3.8) is 0 Å². The lowest BCUT2D eigenvalue weighted by Gasteiger charge is -2.31. The Labute approximate surface area is 122 Å². The number of rotatable bonds is 6. The van der Waals surface area contributed by atoms with Crippen LogP contribution >= 0.6 is 0 Å². The second kappa shape index (κ2) is 7.17. The van der Waals surface area contributed by atoms with Crippen LogP contribution in [0.3, 0.4) is 0 Å². The Kier molecular flexibility index (Phi) is 5.80. The van der Waals surface area contributed by atoms with Crippen LogP contribution in [0.15, 0.2) is 0 Å². The minimum atomic E-state index is -3.36. The smallest absolute Gasteiger partial charge is 0.279 e. The summed E-state index contributed by atoms with van der Waals surface area (Å²) in [6.45, 7) is 5.88. The molecule has 2 fully saturated rings. The molecule has 2 aliphatic heterocycles. The Balaban J connectivity index is 1.82. The third kappa shape index (κ3) is 3.92. The first-order chi connectivity index (χ1) is 9.56. The zero-order valence-electron chi connectivity index (χ0n) is 12.3. The maximum atomic E-state index is 12.3. The Bertz CT molecular complexity index is 394. The van der Waals surface area contributed by atoms with E-state index in [1.54, 1.807) is 0 Å². The van der Waals surface area contributed by atoms with Gasteiger partial charge >= 0.3 is 0 Å². The third-order valence-electron chi connectivity index (χ3n) is 4.58. The topological polar surface area (TPSA) is 72.9 Å². The lowest BCUT2D eigenvalue weighted by Crippen LogP contribution is -2.48. The largest absolute Gasteiger partial charge is 0.396 e. The summed E-state index contributed by atoms with van der Waals surface area (Å²) in [5, 5.41) is 9.09. The lowest BCUT2D eigenvalue weighted by molar-refractivity contribution is 0.169. The highest BCUT2D eigenvalue weighted by Crippen LogP contribution is 2.19. The molecule has 2 saturated heterocycles. The number of hydrogen-bond acceptors (Lipinski definition) is 4. The highest BCUT2D eigenvalue weighted by atomic mass is 32.2. The maximum absolute atomic E-state index is 12.3. The molecular formula is C13H27N3O3S. The predicted molar refractivity (Wildman–Crippen MR) is 78.6 cm³/mol. The number of likely N-dealkylation sites (tertiary alicyclic amines) is 1. The van der Waals surface area contributed by atoms with Crippen LogP contribution in [0.4, 0.5) is 0 Å². The molecule has 0 amide bonds. The summed E-state index contributed by atoms with van der Waals surface area (Å²) in [5.41, 5.74) is 0. The minimum Gasteiger partial charge on any atom is -0.396 e. The van der Waals surface area contributed by atoms with Crippen LogP contribution in [0.25, 0.3) is 0 Å². The molecule has 6 nitrogen and oxygen atoms in total. The fourth-order valence-electron chi connectivity index (χ4n) is 3.17. The van der Waals surface area contributed by atoms with Gasteiger partial charge in [0, 0.05) is 32.3 Å². The van der Waals surface area contributed by atoms with Crippen LogP contribution in [0, 0.1) is 5.92 Å². The number of likely N-dealkylation sites (N-methyl/N-ethyl adjacent to an activating group) is 1. The van der Waals surface area contributed by atoms with Crippen molar-refractivity contribution in [3.05, 3.63) is 0 Å². The molecule has 1 atom stereocenters. The van der Waals surface area contributed by atoms with E-state index in [4.69, 9.17) is 5.11 Å². The Morgan fingerprint density at radius 2 is 1.90 bits per heavy atom. The van der Waals surface area contributed by atoms with Crippen LogP contribution < -0.4 is 4.72 Å². The molecule has 0 aromatic heterocycles. The number of nitrogens with zero attached hydrogens (tertiary/aromatic N) is 2. The van der Waals surface area contributed by atoms with Gasteiger partial charge in [-0.3, -0.25) is 4.90 Å². The van der Waals surface area contributed by atoms with E-state index < -0.39 is 10.2 Å². The van der Waals surface area contributed by atoms with Crippen molar-refractivity contribution in [2.75, 3.05) is 39.3 Å². The van der Waals surface area contributed by atoms with Crippen molar-refractivity contribution in [3.8, 4) is 0 Å². The number of nitrogens with one attached hydrogen (secondary N) is 1. The number of aliphatic hydroxyl groups is 1.